The summed E-state index contributed by atoms with van der Waals surface area (Å²) in [5.74, 6) is 1.07. The van der Waals surface area contributed by atoms with Crippen LogP contribution in [0.2, 0.25) is 0 Å². The first-order valence-corrected chi connectivity index (χ1v) is 8.26. The highest BCUT2D eigenvalue weighted by molar-refractivity contribution is 5.92. The van der Waals surface area contributed by atoms with Gasteiger partial charge in [0, 0.05) is 12.5 Å². The first-order valence-electron chi connectivity index (χ1n) is 8.26. The lowest BCUT2D eigenvalue weighted by molar-refractivity contribution is -0.116. The summed E-state index contributed by atoms with van der Waals surface area (Å²) in [7, 11) is 1.62. The van der Waals surface area contributed by atoms with Crippen LogP contribution >= 0.6 is 12.4 Å². The topological polar surface area (TPSA) is 82.2 Å². The minimum absolute atomic E-state index is 0. The van der Waals surface area contributed by atoms with Gasteiger partial charge in [-0.25, -0.2) is 4.98 Å². The molecule has 7 heteroatoms. The fraction of sp³-hybridized carbons (Fsp3) is 0.263. The monoisotopic (exact) mass is 374 g/mol. The van der Waals surface area contributed by atoms with Crippen LogP contribution in [0, 0.1) is 0 Å². The Morgan fingerprint density at radius 1 is 1.23 bits per heavy atom. The minimum Gasteiger partial charge on any atom is -0.495 e. The fourth-order valence-electron chi connectivity index (χ4n) is 2.71. The van der Waals surface area contributed by atoms with Crippen LogP contribution in [0.1, 0.15) is 19.8 Å². The number of halogens is 1. The van der Waals surface area contributed by atoms with Gasteiger partial charge in [-0.3, -0.25) is 14.7 Å². The Balaban J connectivity index is 0.00000243. The zero-order valence-electron chi connectivity index (χ0n) is 14.8. The number of hydrogen-bond donors (Lipinski definition) is 2. The van der Waals surface area contributed by atoms with E-state index in [1.807, 2.05) is 60.0 Å². The number of amides is 1. The number of rotatable bonds is 6. The molecule has 0 fully saturated rings. The maximum absolute atomic E-state index is 12.3. The predicted molar refractivity (Wildman–Crippen MR) is 106 cm³/mol. The molecule has 1 heterocycles. The molecule has 6 nitrogen and oxygen atoms in total. The van der Waals surface area contributed by atoms with Crippen molar-refractivity contribution in [2.24, 2.45) is 5.73 Å². The molecule has 2 aromatic carbocycles. The number of carbonyl (C=O) groups excluding carboxylic acids is 1. The molecule has 0 saturated heterocycles. The van der Waals surface area contributed by atoms with Gasteiger partial charge in [0.15, 0.2) is 0 Å². The van der Waals surface area contributed by atoms with Gasteiger partial charge < -0.3 is 10.5 Å². The SMILES string of the molecule is COc1ccccc1-n1c(NC(=O)CCC(C)N)nc2ccccc21.Cl. The average molecular weight is 375 g/mol. The summed E-state index contributed by atoms with van der Waals surface area (Å²) in [5.41, 5.74) is 8.26. The molecule has 3 N–H and O–H groups in total. The highest BCUT2D eigenvalue weighted by Crippen LogP contribution is 2.30. The van der Waals surface area contributed by atoms with Gasteiger partial charge in [0.1, 0.15) is 5.75 Å². The Hall–Kier alpha value is -2.57. The summed E-state index contributed by atoms with van der Waals surface area (Å²) < 4.78 is 7.38. The molecule has 0 spiro atoms. The molecule has 1 aromatic heterocycles. The highest BCUT2D eigenvalue weighted by Gasteiger charge is 2.17. The summed E-state index contributed by atoms with van der Waals surface area (Å²) in [5, 5.41) is 2.91. The van der Waals surface area contributed by atoms with Gasteiger partial charge in [-0.05, 0) is 37.6 Å². The molecular formula is C19H23ClN4O2. The second-order valence-corrected chi connectivity index (χ2v) is 6.00. The summed E-state index contributed by atoms with van der Waals surface area (Å²) in [6.45, 7) is 1.89. The Bertz CT molecular complexity index is 892. The van der Waals surface area contributed by atoms with Gasteiger partial charge in [-0.15, -0.1) is 12.4 Å². The number of nitrogens with one attached hydrogen (secondary N) is 1. The molecule has 0 saturated carbocycles. The van der Waals surface area contributed by atoms with Crippen molar-refractivity contribution in [1.82, 2.24) is 9.55 Å². The number of carbonyl (C=O) groups is 1. The van der Waals surface area contributed by atoms with Crippen molar-refractivity contribution in [2.75, 3.05) is 12.4 Å². The van der Waals surface area contributed by atoms with Crippen molar-refractivity contribution < 1.29 is 9.53 Å². The number of aromatic nitrogens is 2. The van der Waals surface area contributed by atoms with Crippen molar-refractivity contribution in [3.8, 4) is 11.4 Å². The van der Waals surface area contributed by atoms with Crippen molar-refractivity contribution in [3.05, 3.63) is 48.5 Å². The van der Waals surface area contributed by atoms with E-state index in [9.17, 15) is 4.79 Å². The van der Waals surface area contributed by atoms with E-state index in [1.165, 1.54) is 0 Å². The number of nitrogens with two attached hydrogens (primary N) is 1. The molecule has 0 aliphatic carbocycles. The number of fused-ring (bicyclic) bond motifs is 1. The largest absolute Gasteiger partial charge is 0.495 e. The molecule has 0 bridgehead atoms. The minimum atomic E-state index is -0.108. The van der Waals surface area contributed by atoms with Gasteiger partial charge in [-0.2, -0.15) is 0 Å². The van der Waals surface area contributed by atoms with E-state index in [1.54, 1.807) is 7.11 Å². The lowest BCUT2D eigenvalue weighted by atomic mass is 10.2. The standard InChI is InChI=1S/C19H22N4O2.ClH/c1-13(20)11-12-18(24)22-19-21-14-7-3-4-8-15(14)23(19)16-9-5-6-10-17(16)25-2;/h3-10,13H,11-12,20H2,1-2H3,(H,21,22,24);1H. The normalized spacial score (nSPS) is 11.7. The van der Waals surface area contributed by atoms with Crippen LogP contribution in [-0.4, -0.2) is 28.6 Å². The van der Waals surface area contributed by atoms with Crippen molar-refractivity contribution in [1.29, 1.82) is 0 Å². The van der Waals surface area contributed by atoms with E-state index in [0.29, 0.717) is 24.5 Å². The number of para-hydroxylation sites is 4. The van der Waals surface area contributed by atoms with Crippen LogP contribution in [-0.2, 0) is 4.79 Å². The summed E-state index contributed by atoms with van der Waals surface area (Å²) in [4.78, 5) is 16.9. The molecule has 1 atom stereocenters. The molecule has 26 heavy (non-hydrogen) atoms. The van der Waals surface area contributed by atoms with E-state index in [-0.39, 0.29) is 24.4 Å². The molecule has 3 aromatic rings. The van der Waals surface area contributed by atoms with Crippen LogP contribution < -0.4 is 15.8 Å². The molecular weight excluding hydrogens is 352 g/mol. The van der Waals surface area contributed by atoms with Crippen molar-refractivity contribution >= 4 is 35.3 Å². The van der Waals surface area contributed by atoms with Crippen LogP contribution in [0.25, 0.3) is 16.7 Å². The number of benzene rings is 2. The third kappa shape index (κ3) is 4.15. The molecule has 1 amide bonds. The Morgan fingerprint density at radius 2 is 1.92 bits per heavy atom. The van der Waals surface area contributed by atoms with Crippen LogP contribution in [0.5, 0.6) is 5.75 Å². The van der Waals surface area contributed by atoms with Crippen molar-refractivity contribution in [2.45, 2.75) is 25.8 Å². The zero-order valence-corrected chi connectivity index (χ0v) is 15.6. The lowest BCUT2D eigenvalue weighted by Crippen LogP contribution is -2.20. The van der Waals surface area contributed by atoms with E-state index < -0.39 is 0 Å². The van der Waals surface area contributed by atoms with E-state index >= 15 is 0 Å². The molecule has 1 unspecified atom stereocenters. The quantitative estimate of drug-likeness (QED) is 0.691. The number of nitrogens with zero attached hydrogens (tertiary/aromatic N) is 2. The molecule has 138 valence electrons. The molecule has 0 aliphatic rings. The Morgan fingerprint density at radius 3 is 2.65 bits per heavy atom. The maximum atomic E-state index is 12.3. The summed E-state index contributed by atoms with van der Waals surface area (Å²) in [6.07, 6.45) is 0.980. The van der Waals surface area contributed by atoms with Gasteiger partial charge in [0.25, 0.3) is 0 Å². The fourth-order valence-corrected chi connectivity index (χ4v) is 2.71. The maximum Gasteiger partial charge on any atom is 0.226 e. The Kier molecular flexibility index (Phi) is 6.60. The number of methoxy groups -OCH3 is 1. The zero-order chi connectivity index (χ0) is 17.8. The van der Waals surface area contributed by atoms with Crippen molar-refractivity contribution in [3.63, 3.8) is 0 Å². The Labute approximate surface area is 158 Å². The van der Waals surface area contributed by atoms with Gasteiger partial charge in [0.2, 0.25) is 11.9 Å². The van der Waals surface area contributed by atoms with E-state index in [2.05, 4.69) is 10.3 Å². The highest BCUT2D eigenvalue weighted by atomic mass is 35.5. The first-order chi connectivity index (χ1) is 12.1. The average Bonchev–Trinajstić information content (AvgIpc) is 2.97. The number of imidazole rings is 1. The smallest absolute Gasteiger partial charge is 0.226 e. The lowest BCUT2D eigenvalue weighted by Gasteiger charge is -2.13. The van der Waals surface area contributed by atoms with Crippen LogP contribution in [0.4, 0.5) is 5.95 Å². The predicted octanol–water partition coefficient (Wildman–Crippen LogP) is 3.52. The van der Waals surface area contributed by atoms with E-state index in [0.717, 1.165) is 16.7 Å². The molecule has 0 radical (unpaired) electrons. The second kappa shape index (κ2) is 8.69. The summed E-state index contributed by atoms with van der Waals surface area (Å²) in [6, 6.07) is 15.4. The van der Waals surface area contributed by atoms with Crippen LogP contribution in [0.3, 0.4) is 0 Å². The third-order valence-corrected chi connectivity index (χ3v) is 3.96. The number of hydrogen-bond acceptors (Lipinski definition) is 4. The van der Waals surface area contributed by atoms with Gasteiger partial charge in [-0.1, -0.05) is 24.3 Å². The van der Waals surface area contributed by atoms with Gasteiger partial charge in [0.05, 0.1) is 23.8 Å². The molecule has 0 aliphatic heterocycles. The van der Waals surface area contributed by atoms with Gasteiger partial charge >= 0.3 is 0 Å². The number of anilines is 1. The van der Waals surface area contributed by atoms with E-state index in [4.69, 9.17) is 10.5 Å². The molecule has 3 rings (SSSR count). The second-order valence-electron chi connectivity index (χ2n) is 6.00. The number of ether oxygens (including phenoxy) is 1. The third-order valence-electron chi connectivity index (χ3n) is 3.96. The van der Waals surface area contributed by atoms with Crippen LogP contribution in [0.15, 0.2) is 48.5 Å². The summed E-state index contributed by atoms with van der Waals surface area (Å²) >= 11 is 0. The first kappa shape index (κ1) is 19.8.